The van der Waals surface area contributed by atoms with E-state index in [1.165, 1.54) is 6.26 Å². The Morgan fingerprint density at radius 2 is 2.15 bits per heavy atom. The second-order valence-corrected chi connectivity index (χ2v) is 6.95. The van der Waals surface area contributed by atoms with Crippen LogP contribution in [0.2, 0.25) is 0 Å². The lowest BCUT2D eigenvalue weighted by Gasteiger charge is -2.01. The molecule has 4 nitrogen and oxygen atoms in total. The number of sulfone groups is 1. The lowest BCUT2D eigenvalue weighted by molar-refractivity contribution is 0.593. The van der Waals surface area contributed by atoms with Crippen LogP contribution in [0.5, 0.6) is 0 Å². The topological polar surface area (TPSA) is 52.0 Å². The Morgan fingerprint density at radius 3 is 2.54 bits per heavy atom. The van der Waals surface area contributed by atoms with E-state index in [-0.39, 0.29) is 5.75 Å². The third-order valence-electron chi connectivity index (χ3n) is 1.44. The van der Waals surface area contributed by atoms with Gasteiger partial charge >= 0.3 is 0 Å². The van der Waals surface area contributed by atoms with E-state index in [4.69, 9.17) is 0 Å². The Morgan fingerprint density at radius 1 is 1.54 bits per heavy atom. The molecule has 0 aliphatic heterocycles. The van der Waals surface area contributed by atoms with Crippen molar-refractivity contribution in [3.05, 3.63) is 13.7 Å². The van der Waals surface area contributed by atoms with Gasteiger partial charge < -0.3 is 4.57 Å². The number of rotatable bonds is 3. The number of hydrogen-bond donors (Lipinski definition) is 0. The van der Waals surface area contributed by atoms with Gasteiger partial charge in [0, 0.05) is 12.8 Å². The first-order valence-corrected chi connectivity index (χ1v) is 7.66. The summed E-state index contributed by atoms with van der Waals surface area (Å²) in [6, 6.07) is 0. The van der Waals surface area contributed by atoms with Crippen LogP contribution >= 0.6 is 45.2 Å². The van der Waals surface area contributed by atoms with Gasteiger partial charge in [-0.1, -0.05) is 0 Å². The summed E-state index contributed by atoms with van der Waals surface area (Å²) in [5.41, 5.74) is 0. The fourth-order valence-electron chi connectivity index (χ4n) is 0.763. The average molecular weight is 426 g/mol. The molecule has 1 heterocycles. The van der Waals surface area contributed by atoms with Crippen molar-refractivity contribution in [3.8, 4) is 0 Å². The molecule has 1 aromatic heterocycles. The van der Waals surface area contributed by atoms with Crippen molar-refractivity contribution in [1.82, 2.24) is 9.55 Å². The molecule has 0 saturated heterocycles. The molecule has 0 spiro atoms. The van der Waals surface area contributed by atoms with E-state index in [1.807, 2.05) is 4.57 Å². The first kappa shape index (κ1) is 11.7. The van der Waals surface area contributed by atoms with Gasteiger partial charge in [-0.05, 0) is 45.2 Å². The third-order valence-corrected chi connectivity index (χ3v) is 5.31. The zero-order valence-electron chi connectivity index (χ0n) is 6.87. The van der Waals surface area contributed by atoms with Crippen molar-refractivity contribution in [3.63, 3.8) is 0 Å². The fourth-order valence-corrected chi connectivity index (χ4v) is 2.23. The SMILES string of the molecule is CS(=O)(=O)CCn1cnc(I)c1I. The second kappa shape index (κ2) is 4.43. The van der Waals surface area contributed by atoms with Gasteiger partial charge in [-0.2, -0.15) is 0 Å². The van der Waals surface area contributed by atoms with Gasteiger partial charge in [0.05, 0.1) is 12.1 Å². The number of aryl methyl sites for hydroxylation is 1. The smallest absolute Gasteiger partial charge is 0.149 e. The molecule has 1 aromatic rings. The lowest BCUT2D eigenvalue weighted by atomic mass is 10.7. The van der Waals surface area contributed by atoms with Crippen LogP contribution in [0.3, 0.4) is 0 Å². The summed E-state index contributed by atoms with van der Waals surface area (Å²) < 4.78 is 25.5. The number of nitrogens with zero attached hydrogens (tertiary/aromatic N) is 2. The van der Waals surface area contributed by atoms with Crippen molar-refractivity contribution in [1.29, 1.82) is 0 Å². The molecule has 0 fully saturated rings. The molecular weight excluding hydrogens is 418 g/mol. The normalized spacial score (nSPS) is 11.9. The maximum absolute atomic E-state index is 10.9. The standard InChI is InChI=1S/C6H8I2N2O2S/c1-13(11,12)3-2-10-4-9-5(7)6(10)8/h4H,2-3H2,1H3. The van der Waals surface area contributed by atoms with E-state index in [1.54, 1.807) is 6.33 Å². The fraction of sp³-hybridized carbons (Fsp3) is 0.500. The van der Waals surface area contributed by atoms with Gasteiger partial charge in [0.15, 0.2) is 0 Å². The van der Waals surface area contributed by atoms with Crippen molar-refractivity contribution < 1.29 is 8.42 Å². The van der Waals surface area contributed by atoms with Crippen molar-refractivity contribution in [2.75, 3.05) is 12.0 Å². The summed E-state index contributed by atoms with van der Waals surface area (Å²) in [7, 11) is -2.88. The summed E-state index contributed by atoms with van der Waals surface area (Å²) in [5, 5.41) is 0. The maximum Gasteiger partial charge on any atom is 0.149 e. The molecule has 0 unspecified atom stereocenters. The molecule has 0 bridgehead atoms. The molecule has 0 aliphatic carbocycles. The Bertz CT molecular complexity index is 399. The number of hydrogen-bond acceptors (Lipinski definition) is 3. The number of aromatic nitrogens is 2. The molecular formula is C6H8I2N2O2S. The van der Waals surface area contributed by atoms with Crippen molar-refractivity contribution in [2.45, 2.75) is 6.54 Å². The highest BCUT2D eigenvalue weighted by atomic mass is 127. The maximum atomic E-state index is 10.9. The predicted octanol–water partition coefficient (Wildman–Crippen LogP) is 1.14. The van der Waals surface area contributed by atoms with Gasteiger partial charge in [-0.25, -0.2) is 13.4 Å². The van der Waals surface area contributed by atoms with Gasteiger partial charge in [0.25, 0.3) is 0 Å². The van der Waals surface area contributed by atoms with Crippen LogP contribution in [0.1, 0.15) is 0 Å². The average Bonchev–Trinajstić information content (AvgIpc) is 2.29. The molecule has 1 rings (SSSR count). The molecule has 74 valence electrons. The van der Waals surface area contributed by atoms with Crippen LogP contribution in [-0.2, 0) is 16.4 Å². The zero-order chi connectivity index (χ0) is 10.1. The van der Waals surface area contributed by atoms with E-state index in [2.05, 4.69) is 50.2 Å². The molecule has 7 heteroatoms. The molecule has 0 aromatic carbocycles. The van der Waals surface area contributed by atoms with Gasteiger partial charge in [-0.3, -0.25) is 0 Å². The van der Waals surface area contributed by atoms with Crippen LogP contribution in [0, 0.1) is 7.40 Å². The largest absolute Gasteiger partial charge is 0.324 e. The van der Waals surface area contributed by atoms with Crippen LogP contribution in [-0.4, -0.2) is 30.0 Å². The highest BCUT2D eigenvalue weighted by molar-refractivity contribution is 14.1. The zero-order valence-corrected chi connectivity index (χ0v) is 12.0. The molecule has 0 saturated carbocycles. The van der Waals surface area contributed by atoms with E-state index in [9.17, 15) is 8.42 Å². The highest BCUT2D eigenvalue weighted by Crippen LogP contribution is 2.12. The predicted molar refractivity (Wildman–Crippen MR) is 67.4 cm³/mol. The monoisotopic (exact) mass is 426 g/mol. The van der Waals surface area contributed by atoms with E-state index in [0.29, 0.717) is 6.54 Å². The summed E-state index contributed by atoms with van der Waals surface area (Å²) in [4.78, 5) is 4.06. The molecule has 0 amide bonds. The quantitative estimate of drug-likeness (QED) is 0.682. The van der Waals surface area contributed by atoms with Crippen LogP contribution in [0.4, 0.5) is 0 Å². The number of imidazole rings is 1. The minimum Gasteiger partial charge on any atom is -0.324 e. The lowest BCUT2D eigenvalue weighted by Crippen LogP contribution is -2.11. The summed E-state index contributed by atoms with van der Waals surface area (Å²) >= 11 is 4.27. The first-order chi connectivity index (χ1) is 5.90. The Kier molecular flexibility index (Phi) is 3.98. The third kappa shape index (κ3) is 3.70. The van der Waals surface area contributed by atoms with Gasteiger partial charge in [0.1, 0.15) is 17.2 Å². The van der Waals surface area contributed by atoms with E-state index < -0.39 is 9.84 Å². The second-order valence-electron chi connectivity index (χ2n) is 2.65. The Labute approximate surface area is 104 Å². The highest BCUT2D eigenvalue weighted by Gasteiger charge is 2.07. The summed E-state index contributed by atoms with van der Waals surface area (Å²) in [6.07, 6.45) is 2.90. The molecule has 13 heavy (non-hydrogen) atoms. The van der Waals surface area contributed by atoms with Crippen LogP contribution in [0.25, 0.3) is 0 Å². The molecule has 0 aliphatic rings. The van der Waals surface area contributed by atoms with Crippen molar-refractivity contribution >= 4 is 55.0 Å². The van der Waals surface area contributed by atoms with Crippen molar-refractivity contribution in [2.24, 2.45) is 0 Å². The van der Waals surface area contributed by atoms with Gasteiger partial charge in [0.2, 0.25) is 0 Å². The number of halogens is 2. The van der Waals surface area contributed by atoms with Crippen LogP contribution in [0.15, 0.2) is 6.33 Å². The minimum atomic E-state index is -2.88. The molecule has 0 radical (unpaired) electrons. The minimum absolute atomic E-state index is 0.162. The van der Waals surface area contributed by atoms with E-state index in [0.717, 1.165) is 7.40 Å². The van der Waals surface area contributed by atoms with Gasteiger partial charge in [-0.15, -0.1) is 0 Å². The molecule has 0 N–H and O–H groups in total. The molecule has 0 atom stereocenters. The Balaban J connectivity index is 2.71. The van der Waals surface area contributed by atoms with E-state index >= 15 is 0 Å². The summed E-state index contributed by atoms with van der Waals surface area (Å²) in [6.45, 7) is 0.479. The Hall–Kier alpha value is 0.620. The summed E-state index contributed by atoms with van der Waals surface area (Å²) in [5.74, 6) is 0.162. The first-order valence-electron chi connectivity index (χ1n) is 3.44. The van der Waals surface area contributed by atoms with Crippen LogP contribution < -0.4 is 0 Å².